The summed E-state index contributed by atoms with van der Waals surface area (Å²) in [5.74, 6) is 0.486. The molecule has 8 heteroatoms. The molecule has 0 bridgehead atoms. The number of aryl methyl sites for hydroxylation is 1. The molecule has 140 valence electrons. The molecule has 0 saturated carbocycles. The summed E-state index contributed by atoms with van der Waals surface area (Å²) in [6, 6.07) is 13.6. The van der Waals surface area contributed by atoms with E-state index >= 15 is 0 Å². The maximum absolute atomic E-state index is 12.1. The normalized spacial score (nSPS) is 11.2. The van der Waals surface area contributed by atoms with Gasteiger partial charge in [-0.2, -0.15) is 0 Å². The van der Waals surface area contributed by atoms with Crippen molar-refractivity contribution >= 4 is 27.5 Å². The second-order valence-corrected chi connectivity index (χ2v) is 7.82. The molecule has 0 heterocycles. The first-order valence-corrected chi connectivity index (χ1v) is 9.94. The highest BCUT2D eigenvalue weighted by atomic mass is 35.5. The third kappa shape index (κ3) is 6.67. The lowest BCUT2D eigenvalue weighted by Crippen LogP contribution is -2.32. The Morgan fingerprint density at radius 1 is 1.12 bits per heavy atom. The third-order valence-corrected chi connectivity index (χ3v) is 5.13. The second-order valence-electron chi connectivity index (χ2n) is 5.62. The number of carbonyl (C=O) groups is 1. The number of carbonyl (C=O) groups excluding carboxylic acids is 1. The Bertz CT molecular complexity index is 856. The minimum Gasteiger partial charge on any atom is -0.492 e. The van der Waals surface area contributed by atoms with E-state index in [1.54, 1.807) is 12.1 Å². The molecule has 2 N–H and O–H groups in total. The highest BCUT2D eigenvalue weighted by Crippen LogP contribution is 2.15. The van der Waals surface area contributed by atoms with Gasteiger partial charge in [-0.3, -0.25) is 4.79 Å². The summed E-state index contributed by atoms with van der Waals surface area (Å²) in [6.45, 7) is 2.65. The molecular formula is C18H21ClN2O4S. The zero-order chi connectivity index (χ0) is 19.0. The number of amides is 1. The lowest BCUT2D eigenvalue weighted by Gasteiger charge is -2.09. The fourth-order valence-corrected chi connectivity index (χ4v) is 3.50. The number of sulfonamides is 1. The van der Waals surface area contributed by atoms with Gasteiger partial charge in [0.25, 0.3) is 0 Å². The van der Waals surface area contributed by atoms with Crippen LogP contribution < -0.4 is 14.8 Å². The molecular weight excluding hydrogens is 376 g/mol. The van der Waals surface area contributed by atoms with Gasteiger partial charge in [-0.25, -0.2) is 13.1 Å². The Morgan fingerprint density at radius 2 is 1.88 bits per heavy atom. The van der Waals surface area contributed by atoms with Crippen molar-refractivity contribution in [2.24, 2.45) is 0 Å². The summed E-state index contributed by atoms with van der Waals surface area (Å²) in [7, 11) is -3.68. The van der Waals surface area contributed by atoms with Gasteiger partial charge in [0.1, 0.15) is 12.4 Å². The first-order chi connectivity index (χ1) is 12.4. The SMILES string of the molecule is Cc1cccc(OCCNC(=O)CCNS(=O)(=O)c2cccc(Cl)c2)c1. The maximum Gasteiger partial charge on any atom is 0.240 e. The standard InChI is InChI=1S/C18H21ClN2O4S/c1-14-4-2-6-16(12-14)25-11-10-20-18(22)8-9-21-26(23,24)17-7-3-5-15(19)13-17/h2-7,12-13,21H,8-11H2,1H3,(H,20,22). The van der Waals surface area contributed by atoms with Crippen LogP contribution in [0.4, 0.5) is 0 Å². The van der Waals surface area contributed by atoms with Crippen molar-refractivity contribution in [3.8, 4) is 5.75 Å². The molecule has 2 aromatic rings. The minimum absolute atomic E-state index is 0.000578. The molecule has 0 aliphatic rings. The Balaban J connectivity index is 1.67. The van der Waals surface area contributed by atoms with Crippen LogP contribution in [0.1, 0.15) is 12.0 Å². The third-order valence-electron chi connectivity index (χ3n) is 3.43. The van der Waals surface area contributed by atoms with Crippen molar-refractivity contribution in [2.75, 3.05) is 19.7 Å². The van der Waals surface area contributed by atoms with Gasteiger partial charge in [0.2, 0.25) is 15.9 Å². The zero-order valence-corrected chi connectivity index (χ0v) is 15.9. The average molecular weight is 397 g/mol. The molecule has 0 unspecified atom stereocenters. The Kier molecular flexibility index (Phi) is 7.44. The maximum atomic E-state index is 12.1. The van der Waals surface area contributed by atoms with Gasteiger partial charge in [-0.1, -0.05) is 29.8 Å². The molecule has 0 radical (unpaired) electrons. The quantitative estimate of drug-likeness (QED) is 0.638. The van der Waals surface area contributed by atoms with E-state index in [2.05, 4.69) is 10.0 Å². The van der Waals surface area contributed by atoms with Gasteiger partial charge in [0.05, 0.1) is 11.4 Å². The lowest BCUT2D eigenvalue weighted by molar-refractivity contribution is -0.121. The second kappa shape index (κ2) is 9.56. The lowest BCUT2D eigenvalue weighted by atomic mass is 10.2. The summed E-state index contributed by atoms with van der Waals surface area (Å²) in [5, 5.41) is 3.02. The smallest absolute Gasteiger partial charge is 0.240 e. The number of ether oxygens (including phenoxy) is 1. The van der Waals surface area contributed by atoms with E-state index < -0.39 is 10.0 Å². The summed E-state index contributed by atoms with van der Waals surface area (Å²) >= 11 is 5.79. The Morgan fingerprint density at radius 3 is 2.62 bits per heavy atom. The van der Waals surface area contributed by atoms with Crippen LogP contribution in [0.2, 0.25) is 5.02 Å². The topological polar surface area (TPSA) is 84.5 Å². The fraction of sp³-hybridized carbons (Fsp3) is 0.278. The van der Waals surface area contributed by atoms with Gasteiger partial charge in [0.15, 0.2) is 0 Å². The molecule has 1 amide bonds. The molecule has 6 nitrogen and oxygen atoms in total. The molecule has 26 heavy (non-hydrogen) atoms. The highest BCUT2D eigenvalue weighted by Gasteiger charge is 2.14. The van der Waals surface area contributed by atoms with Crippen LogP contribution in [-0.2, 0) is 14.8 Å². The van der Waals surface area contributed by atoms with E-state index in [0.717, 1.165) is 11.3 Å². The summed E-state index contributed by atoms with van der Waals surface area (Å²) in [5.41, 5.74) is 1.10. The van der Waals surface area contributed by atoms with Gasteiger partial charge >= 0.3 is 0 Å². The molecule has 0 aliphatic carbocycles. The van der Waals surface area contributed by atoms with Crippen molar-refractivity contribution < 1.29 is 17.9 Å². The molecule has 0 spiro atoms. The van der Waals surface area contributed by atoms with Crippen molar-refractivity contribution in [3.63, 3.8) is 0 Å². The predicted molar refractivity (Wildman–Crippen MR) is 101 cm³/mol. The molecule has 2 rings (SSSR count). The number of hydrogen-bond acceptors (Lipinski definition) is 4. The van der Waals surface area contributed by atoms with Crippen LogP contribution in [0.25, 0.3) is 0 Å². The van der Waals surface area contributed by atoms with Crippen molar-refractivity contribution in [3.05, 3.63) is 59.1 Å². The van der Waals surface area contributed by atoms with Crippen LogP contribution in [0, 0.1) is 6.92 Å². The molecule has 0 atom stereocenters. The molecule has 0 fully saturated rings. The van der Waals surface area contributed by atoms with Gasteiger partial charge in [-0.15, -0.1) is 0 Å². The van der Waals surface area contributed by atoms with Crippen molar-refractivity contribution in [1.82, 2.24) is 10.0 Å². The Labute approximate surface area is 158 Å². The first kappa shape index (κ1) is 20.2. The summed E-state index contributed by atoms with van der Waals surface area (Å²) in [6.07, 6.45) is 0.0320. The van der Waals surface area contributed by atoms with Crippen LogP contribution in [0.5, 0.6) is 5.75 Å². The van der Waals surface area contributed by atoms with Crippen molar-refractivity contribution in [2.45, 2.75) is 18.2 Å². The average Bonchev–Trinajstić information content (AvgIpc) is 2.59. The largest absolute Gasteiger partial charge is 0.492 e. The Hall–Kier alpha value is -2.09. The monoisotopic (exact) mass is 396 g/mol. The molecule has 0 saturated heterocycles. The molecule has 0 aliphatic heterocycles. The fourth-order valence-electron chi connectivity index (χ4n) is 2.17. The van der Waals surface area contributed by atoms with E-state index in [9.17, 15) is 13.2 Å². The zero-order valence-electron chi connectivity index (χ0n) is 14.4. The van der Waals surface area contributed by atoms with E-state index in [4.69, 9.17) is 16.3 Å². The van der Waals surface area contributed by atoms with Gasteiger partial charge in [-0.05, 0) is 42.8 Å². The van der Waals surface area contributed by atoms with E-state index in [-0.39, 0.29) is 23.8 Å². The van der Waals surface area contributed by atoms with E-state index in [0.29, 0.717) is 18.2 Å². The predicted octanol–water partition coefficient (Wildman–Crippen LogP) is 2.51. The van der Waals surface area contributed by atoms with Crippen LogP contribution >= 0.6 is 11.6 Å². The van der Waals surface area contributed by atoms with Gasteiger partial charge in [0, 0.05) is 18.0 Å². The first-order valence-electron chi connectivity index (χ1n) is 8.08. The number of halogens is 1. The number of benzene rings is 2. The molecule has 0 aromatic heterocycles. The number of nitrogens with one attached hydrogen (secondary N) is 2. The summed E-state index contributed by atoms with van der Waals surface area (Å²) in [4.78, 5) is 11.8. The molecule has 2 aromatic carbocycles. The van der Waals surface area contributed by atoms with Crippen LogP contribution in [0.3, 0.4) is 0 Å². The minimum atomic E-state index is -3.68. The number of hydrogen-bond donors (Lipinski definition) is 2. The van der Waals surface area contributed by atoms with Crippen LogP contribution in [0.15, 0.2) is 53.4 Å². The number of rotatable bonds is 9. The van der Waals surface area contributed by atoms with E-state index in [1.807, 2.05) is 31.2 Å². The van der Waals surface area contributed by atoms with Crippen molar-refractivity contribution in [1.29, 1.82) is 0 Å². The van der Waals surface area contributed by atoms with E-state index in [1.165, 1.54) is 12.1 Å². The summed E-state index contributed by atoms with van der Waals surface area (Å²) < 4.78 is 32.1. The highest BCUT2D eigenvalue weighted by molar-refractivity contribution is 7.89. The van der Waals surface area contributed by atoms with Crippen LogP contribution in [-0.4, -0.2) is 34.0 Å². The van der Waals surface area contributed by atoms with Gasteiger partial charge < -0.3 is 10.1 Å².